The van der Waals surface area contributed by atoms with E-state index in [0.29, 0.717) is 0 Å². The van der Waals surface area contributed by atoms with Gasteiger partial charge in [0.05, 0.1) is 16.6 Å². The molecule has 3 heteroatoms. The second-order valence-electron chi connectivity index (χ2n) is 15.0. The van der Waals surface area contributed by atoms with Crippen molar-refractivity contribution in [2.24, 2.45) is 5.92 Å². The van der Waals surface area contributed by atoms with Crippen LogP contribution in [-0.4, -0.2) is 9.97 Å². The van der Waals surface area contributed by atoms with E-state index in [1.54, 1.807) is 0 Å². The average molecular weight is 683 g/mol. The molecule has 6 aromatic rings. The summed E-state index contributed by atoms with van der Waals surface area (Å²) >= 11 is 0. The fourth-order valence-corrected chi connectivity index (χ4v) is 9.95. The van der Waals surface area contributed by atoms with Crippen LogP contribution in [0.4, 0.5) is 0 Å². The van der Waals surface area contributed by atoms with Crippen LogP contribution < -0.4 is 4.74 Å². The smallest absolute Gasteiger partial charge is 0.156 e. The molecular weight excluding hydrogens is 645 g/mol. The largest absolute Gasteiger partial charge is 0.457 e. The van der Waals surface area contributed by atoms with Gasteiger partial charge in [-0.3, -0.25) is 0 Å². The first kappa shape index (κ1) is 30.6. The van der Waals surface area contributed by atoms with Gasteiger partial charge in [0.15, 0.2) is 5.82 Å². The SMILES string of the molecule is CC1C(c2nc(C3=CCCc4ccccc43)c3ccccc3n2)=CC=CC1c1ccc2c(c1)C1(C3=C(CCC=C3)c3ccccc31)c1ccccc1O2. The number of para-hydroxylation sites is 2. The number of rotatable bonds is 3. The number of hydrogen-bond donors (Lipinski definition) is 0. The maximum absolute atomic E-state index is 6.75. The van der Waals surface area contributed by atoms with Crippen LogP contribution in [0.15, 0.2) is 157 Å². The number of ether oxygens (including phenoxy) is 1. The van der Waals surface area contributed by atoms with Crippen LogP contribution in [0.3, 0.4) is 0 Å². The van der Waals surface area contributed by atoms with Gasteiger partial charge in [-0.1, -0.05) is 134 Å². The number of fused-ring (bicyclic) bond motifs is 10. The summed E-state index contributed by atoms with van der Waals surface area (Å²) in [6.07, 6.45) is 18.1. The second kappa shape index (κ2) is 11.7. The van der Waals surface area contributed by atoms with Gasteiger partial charge in [0.2, 0.25) is 0 Å². The lowest BCUT2D eigenvalue weighted by molar-refractivity contribution is 0.434. The molecule has 2 heterocycles. The van der Waals surface area contributed by atoms with Crippen molar-refractivity contribution < 1.29 is 4.74 Å². The minimum Gasteiger partial charge on any atom is -0.457 e. The topological polar surface area (TPSA) is 35.0 Å². The molecule has 254 valence electrons. The van der Waals surface area contributed by atoms with Crippen molar-refractivity contribution in [3.05, 3.63) is 208 Å². The zero-order valence-electron chi connectivity index (χ0n) is 29.7. The zero-order valence-corrected chi connectivity index (χ0v) is 29.7. The highest BCUT2D eigenvalue weighted by Crippen LogP contribution is 2.63. The molecule has 1 aromatic heterocycles. The summed E-state index contributed by atoms with van der Waals surface area (Å²) in [5.74, 6) is 2.96. The number of aromatic nitrogens is 2. The third-order valence-electron chi connectivity index (χ3n) is 12.3. The third kappa shape index (κ3) is 4.40. The maximum atomic E-state index is 6.75. The lowest BCUT2D eigenvalue weighted by atomic mass is 9.64. The quantitative estimate of drug-likeness (QED) is 0.186. The molecule has 1 spiro atoms. The molecular formula is C50H38N2O. The van der Waals surface area contributed by atoms with E-state index >= 15 is 0 Å². The van der Waals surface area contributed by atoms with Crippen molar-refractivity contribution in [3.8, 4) is 11.5 Å². The van der Waals surface area contributed by atoms with Gasteiger partial charge in [0.1, 0.15) is 11.5 Å². The molecule has 0 fully saturated rings. The van der Waals surface area contributed by atoms with Crippen LogP contribution in [0.5, 0.6) is 11.5 Å². The molecule has 0 bridgehead atoms. The van der Waals surface area contributed by atoms with Crippen LogP contribution in [0.25, 0.3) is 27.6 Å². The highest BCUT2D eigenvalue weighted by Gasteiger charge is 2.52. The fourth-order valence-electron chi connectivity index (χ4n) is 9.95. The van der Waals surface area contributed by atoms with Gasteiger partial charge < -0.3 is 4.74 Å². The molecule has 0 N–H and O–H groups in total. The fraction of sp³-hybridized carbons (Fsp3) is 0.160. The average Bonchev–Trinajstić information content (AvgIpc) is 3.51. The van der Waals surface area contributed by atoms with Crippen LogP contribution in [0, 0.1) is 5.92 Å². The first-order valence-corrected chi connectivity index (χ1v) is 19.1. The summed E-state index contributed by atoms with van der Waals surface area (Å²) in [5, 5.41) is 1.10. The Balaban J connectivity index is 1.04. The van der Waals surface area contributed by atoms with Crippen LogP contribution in [0.1, 0.15) is 82.6 Å². The number of aryl methyl sites for hydroxylation is 1. The first-order valence-electron chi connectivity index (χ1n) is 19.1. The number of benzene rings is 5. The predicted molar refractivity (Wildman–Crippen MR) is 215 cm³/mol. The van der Waals surface area contributed by atoms with E-state index in [2.05, 4.69) is 159 Å². The Kier molecular flexibility index (Phi) is 6.76. The molecule has 3 atom stereocenters. The Morgan fingerprint density at radius 2 is 1.51 bits per heavy atom. The Morgan fingerprint density at radius 3 is 2.45 bits per heavy atom. The van der Waals surface area contributed by atoms with E-state index in [-0.39, 0.29) is 11.8 Å². The van der Waals surface area contributed by atoms with E-state index in [1.807, 2.05) is 0 Å². The van der Waals surface area contributed by atoms with Gasteiger partial charge >= 0.3 is 0 Å². The highest BCUT2D eigenvalue weighted by molar-refractivity contribution is 5.96. The Bertz CT molecular complexity index is 2690. The number of nitrogens with zero attached hydrogens (tertiary/aromatic N) is 2. The Hall–Kier alpha value is -6.06. The highest BCUT2D eigenvalue weighted by atomic mass is 16.5. The molecule has 3 unspecified atom stereocenters. The molecule has 4 aliphatic carbocycles. The molecule has 0 radical (unpaired) electrons. The lowest BCUT2D eigenvalue weighted by Gasteiger charge is -2.41. The molecule has 5 aliphatic rings. The second-order valence-corrected chi connectivity index (χ2v) is 15.0. The molecule has 1 aliphatic heterocycles. The van der Waals surface area contributed by atoms with Crippen molar-refractivity contribution in [2.75, 3.05) is 0 Å². The summed E-state index contributed by atoms with van der Waals surface area (Å²) < 4.78 is 6.75. The van der Waals surface area contributed by atoms with Crippen molar-refractivity contribution in [1.29, 1.82) is 0 Å². The summed E-state index contributed by atoms with van der Waals surface area (Å²) in [6.45, 7) is 2.34. The van der Waals surface area contributed by atoms with Crippen molar-refractivity contribution in [3.63, 3.8) is 0 Å². The molecule has 3 nitrogen and oxygen atoms in total. The maximum Gasteiger partial charge on any atom is 0.156 e. The van der Waals surface area contributed by atoms with Gasteiger partial charge in [-0.25, -0.2) is 9.97 Å². The van der Waals surface area contributed by atoms with Crippen LogP contribution in [-0.2, 0) is 11.8 Å². The van der Waals surface area contributed by atoms with Gasteiger partial charge in [0.25, 0.3) is 0 Å². The van der Waals surface area contributed by atoms with E-state index < -0.39 is 5.41 Å². The summed E-state index contributed by atoms with van der Waals surface area (Å²) in [7, 11) is 0. The first-order chi connectivity index (χ1) is 26.2. The summed E-state index contributed by atoms with van der Waals surface area (Å²) in [6, 6.07) is 41.9. The predicted octanol–water partition coefficient (Wildman–Crippen LogP) is 11.9. The van der Waals surface area contributed by atoms with Crippen LogP contribution in [0.2, 0.25) is 0 Å². The van der Waals surface area contributed by atoms with Crippen molar-refractivity contribution in [1.82, 2.24) is 9.97 Å². The minimum absolute atomic E-state index is 0.134. The Morgan fingerprint density at radius 1 is 0.717 bits per heavy atom. The van der Waals surface area contributed by atoms with E-state index in [9.17, 15) is 0 Å². The minimum atomic E-state index is -0.441. The molecule has 5 aromatic carbocycles. The van der Waals surface area contributed by atoms with E-state index in [4.69, 9.17) is 14.7 Å². The van der Waals surface area contributed by atoms with Gasteiger partial charge in [-0.15, -0.1) is 0 Å². The van der Waals surface area contributed by atoms with E-state index in [0.717, 1.165) is 65.2 Å². The molecule has 11 rings (SSSR count). The molecule has 0 saturated heterocycles. The van der Waals surface area contributed by atoms with E-state index in [1.165, 1.54) is 55.7 Å². The lowest BCUT2D eigenvalue weighted by Crippen LogP contribution is -2.33. The number of hydrogen-bond acceptors (Lipinski definition) is 3. The zero-order chi connectivity index (χ0) is 35.1. The molecule has 0 amide bonds. The molecule has 53 heavy (non-hydrogen) atoms. The molecule has 0 saturated carbocycles. The van der Waals surface area contributed by atoms with Gasteiger partial charge in [-0.05, 0) is 94.8 Å². The van der Waals surface area contributed by atoms with Crippen LogP contribution >= 0.6 is 0 Å². The Labute approximate surface area is 310 Å². The van der Waals surface area contributed by atoms with Gasteiger partial charge in [-0.2, -0.15) is 0 Å². The summed E-state index contributed by atoms with van der Waals surface area (Å²) in [5.41, 5.74) is 15.9. The standard InChI is InChI=1S/C50H38N2O/c1-31-34(20-13-21-35(31)49-51-45-26-10-6-19-40(45)48(52-49)39-22-12-15-32-14-2-3-16-36(32)39)33-28-29-47-44(30-33)50(43-25-9-11-27-46(43)53-47)41-23-7-4-17-37(41)38-18-5-8-24-42(38)50/h2-4,6-11,13-14,16-17,19-31,34H,5,12,15,18H2,1H3. The number of allylic oxidation sites excluding steroid dienone is 9. The monoisotopic (exact) mass is 682 g/mol. The summed E-state index contributed by atoms with van der Waals surface area (Å²) in [4.78, 5) is 10.7. The third-order valence-corrected chi connectivity index (χ3v) is 12.3. The normalized spacial score (nSPS) is 22.0. The van der Waals surface area contributed by atoms with Crippen molar-refractivity contribution in [2.45, 2.75) is 43.9 Å². The van der Waals surface area contributed by atoms with Gasteiger partial charge in [0, 0.05) is 33.6 Å². The van der Waals surface area contributed by atoms with Crippen molar-refractivity contribution >= 4 is 27.6 Å².